The largest absolute Gasteiger partial charge is 0.319 e. The molecule has 0 aromatic rings. The zero-order valence-corrected chi connectivity index (χ0v) is 9.90. The standard InChI is InChI=1S/C12H27N/c1-5-6-7-8-9-11(2)12(3)10-13-4/h11-13H,5-10H2,1-4H3. The molecule has 80 valence electrons. The van der Waals surface area contributed by atoms with Crippen molar-refractivity contribution in [3.05, 3.63) is 0 Å². The van der Waals surface area contributed by atoms with Crippen molar-refractivity contribution < 1.29 is 0 Å². The molecule has 1 N–H and O–H groups in total. The molecule has 0 saturated carbocycles. The van der Waals surface area contributed by atoms with Crippen molar-refractivity contribution >= 4 is 0 Å². The third-order valence-corrected chi connectivity index (χ3v) is 3.01. The summed E-state index contributed by atoms with van der Waals surface area (Å²) in [5, 5.41) is 3.25. The molecule has 0 fully saturated rings. The maximum Gasteiger partial charge on any atom is -0.00236 e. The van der Waals surface area contributed by atoms with E-state index in [1.165, 1.54) is 32.1 Å². The van der Waals surface area contributed by atoms with Crippen molar-refractivity contribution in [2.45, 2.75) is 52.9 Å². The van der Waals surface area contributed by atoms with Crippen LogP contribution in [0.2, 0.25) is 0 Å². The second kappa shape index (κ2) is 8.55. The van der Waals surface area contributed by atoms with Crippen molar-refractivity contribution in [3.8, 4) is 0 Å². The molecular weight excluding hydrogens is 158 g/mol. The molecule has 0 rings (SSSR count). The molecule has 0 aliphatic carbocycles. The molecule has 0 aliphatic heterocycles. The Hall–Kier alpha value is -0.0400. The third kappa shape index (κ3) is 7.06. The van der Waals surface area contributed by atoms with Crippen LogP contribution < -0.4 is 5.32 Å². The quantitative estimate of drug-likeness (QED) is 0.571. The van der Waals surface area contributed by atoms with Crippen LogP contribution >= 0.6 is 0 Å². The van der Waals surface area contributed by atoms with Gasteiger partial charge < -0.3 is 5.32 Å². The van der Waals surface area contributed by atoms with Gasteiger partial charge in [-0.25, -0.2) is 0 Å². The van der Waals surface area contributed by atoms with Gasteiger partial charge in [-0.2, -0.15) is 0 Å². The zero-order chi connectivity index (χ0) is 10.1. The lowest BCUT2D eigenvalue weighted by Crippen LogP contribution is -2.21. The number of hydrogen-bond donors (Lipinski definition) is 1. The first-order valence-electron chi connectivity index (χ1n) is 5.87. The van der Waals surface area contributed by atoms with Gasteiger partial charge in [0.1, 0.15) is 0 Å². The molecular formula is C12H27N. The van der Waals surface area contributed by atoms with Crippen LogP contribution in [0, 0.1) is 11.8 Å². The summed E-state index contributed by atoms with van der Waals surface area (Å²) in [4.78, 5) is 0. The van der Waals surface area contributed by atoms with E-state index in [0.717, 1.165) is 18.4 Å². The van der Waals surface area contributed by atoms with Gasteiger partial charge in [-0.3, -0.25) is 0 Å². The number of hydrogen-bond acceptors (Lipinski definition) is 1. The Bertz CT molecular complexity index is 101. The van der Waals surface area contributed by atoms with Gasteiger partial charge in [-0.05, 0) is 25.4 Å². The molecule has 0 saturated heterocycles. The summed E-state index contributed by atoms with van der Waals surface area (Å²) in [5.41, 5.74) is 0. The lowest BCUT2D eigenvalue weighted by Gasteiger charge is -2.19. The van der Waals surface area contributed by atoms with Gasteiger partial charge in [0, 0.05) is 0 Å². The molecule has 0 spiro atoms. The maximum atomic E-state index is 3.25. The summed E-state index contributed by atoms with van der Waals surface area (Å²) in [6, 6.07) is 0. The summed E-state index contributed by atoms with van der Waals surface area (Å²) in [7, 11) is 2.04. The van der Waals surface area contributed by atoms with E-state index in [1.54, 1.807) is 0 Å². The van der Waals surface area contributed by atoms with Crippen molar-refractivity contribution in [1.82, 2.24) is 5.32 Å². The topological polar surface area (TPSA) is 12.0 Å². The Balaban J connectivity index is 3.32. The van der Waals surface area contributed by atoms with E-state index < -0.39 is 0 Å². The Morgan fingerprint density at radius 2 is 1.69 bits per heavy atom. The highest BCUT2D eigenvalue weighted by molar-refractivity contribution is 4.63. The van der Waals surface area contributed by atoms with Crippen molar-refractivity contribution in [2.24, 2.45) is 11.8 Å². The van der Waals surface area contributed by atoms with Gasteiger partial charge in [0.05, 0.1) is 0 Å². The van der Waals surface area contributed by atoms with Gasteiger partial charge in [-0.1, -0.05) is 52.9 Å². The van der Waals surface area contributed by atoms with Crippen molar-refractivity contribution in [1.29, 1.82) is 0 Å². The Morgan fingerprint density at radius 1 is 1.00 bits per heavy atom. The first-order chi connectivity index (χ1) is 6.22. The van der Waals surface area contributed by atoms with Crippen LogP contribution in [-0.2, 0) is 0 Å². The Kier molecular flexibility index (Phi) is 8.53. The molecule has 1 nitrogen and oxygen atoms in total. The van der Waals surface area contributed by atoms with E-state index in [0.29, 0.717) is 0 Å². The highest BCUT2D eigenvalue weighted by atomic mass is 14.8. The molecule has 1 heteroatoms. The summed E-state index contributed by atoms with van der Waals surface area (Å²) in [6.45, 7) is 8.16. The number of unbranched alkanes of at least 4 members (excludes halogenated alkanes) is 3. The van der Waals surface area contributed by atoms with Crippen molar-refractivity contribution in [2.75, 3.05) is 13.6 Å². The molecule has 0 heterocycles. The molecule has 0 amide bonds. The molecule has 2 atom stereocenters. The monoisotopic (exact) mass is 185 g/mol. The lowest BCUT2D eigenvalue weighted by atomic mass is 9.90. The van der Waals surface area contributed by atoms with Crippen molar-refractivity contribution in [3.63, 3.8) is 0 Å². The molecule has 0 aliphatic rings. The van der Waals surface area contributed by atoms with E-state index in [4.69, 9.17) is 0 Å². The van der Waals surface area contributed by atoms with Crippen LogP contribution in [-0.4, -0.2) is 13.6 Å². The van der Waals surface area contributed by atoms with E-state index in [9.17, 15) is 0 Å². The van der Waals surface area contributed by atoms with Crippen LogP contribution in [0.4, 0.5) is 0 Å². The molecule has 0 radical (unpaired) electrons. The number of nitrogens with one attached hydrogen (secondary N) is 1. The van der Waals surface area contributed by atoms with Gasteiger partial charge in [0.2, 0.25) is 0 Å². The van der Waals surface area contributed by atoms with Crippen LogP contribution in [0.5, 0.6) is 0 Å². The minimum Gasteiger partial charge on any atom is -0.319 e. The van der Waals surface area contributed by atoms with E-state index in [1.807, 2.05) is 7.05 Å². The van der Waals surface area contributed by atoms with Gasteiger partial charge in [-0.15, -0.1) is 0 Å². The fraction of sp³-hybridized carbons (Fsp3) is 1.00. The van der Waals surface area contributed by atoms with Crippen LogP contribution in [0.15, 0.2) is 0 Å². The first kappa shape index (κ1) is 13.0. The van der Waals surface area contributed by atoms with E-state index >= 15 is 0 Å². The average Bonchev–Trinajstić information content (AvgIpc) is 2.12. The fourth-order valence-electron chi connectivity index (χ4n) is 1.70. The third-order valence-electron chi connectivity index (χ3n) is 3.01. The average molecular weight is 185 g/mol. The zero-order valence-electron chi connectivity index (χ0n) is 9.90. The second-order valence-corrected chi connectivity index (χ2v) is 4.36. The van der Waals surface area contributed by atoms with Crippen LogP contribution in [0.1, 0.15) is 52.9 Å². The van der Waals surface area contributed by atoms with Gasteiger partial charge in [0.25, 0.3) is 0 Å². The molecule has 2 unspecified atom stereocenters. The first-order valence-corrected chi connectivity index (χ1v) is 5.87. The number of rotatable bonds is 8. The summed E-state index contributed by atoms with van der Waals surface area (Å²) in [5.74, 6) is 1.70. The summed E-state index contributed by atoms with van der Waals surface area (Å²) in [6.07, 6.45) is 7.01. The Labute approximate surface area is 84.3 Å². The molecule has 0 bridgehead atoms. The maximum absolute atomic E-state index is 3.25. The molecule has 13 heavy (non-hydrogen) atoms. The molecule has 0 aromatic heterocycles. The lowest BCUT2D eigenvalue weighted by molar-refractivity contribution is 0.343. The minimum atomic E-state index is 0.826. The summed E-state index contributed by atoms with van der Waals surface area (Å²) >= 11 is 0. The van der Waals surface area contributed by atoms with E-state index in [-0.39, 0.29) is 0 Å². The van der Waals surface area contributed by atoms with Gasteiger partial charge in [0.15, 0.2) is 0 Å². The van der Waals surface area contributed by atoms with Crippen LogP contribution in [0.25, 0.3) is 0 Å². The minimum absolute atomic E-state index is 0.826. The normalized spacial score (nSPS) is 15.7. The SMILES string of the molecule is CCCCCCC(C)C(C)CNC. The van der Waals surface area contributed by atoms with E-state index in [2.05, 4.69) is 26.1 Å². The van der Waals surface area contributed by atoms with Gasteiger partial charge >= 0.3 is 0 Å². The highest BCUT2D eigenvalue weighted by Crippen LogP contribution is 2.17. The predicted octanol–water partition coefficient (Wildman–Crippen LogP) is 3.45. The van der Waals surface area contributed by atoms with Crippen LogP contribution in [0.3, 0.4) is 0 Å². The second-order valence-electron chi connectivity index (χ2n) is 4.36. The smallest absolute Gasteiger partial charge is 0.00236 e. The fourth-order valence-corrected chi connectivity index (χ4v) is 1.70. The highest BCUT2D eigenvalue weighted by Gasteiger charge is 2.10. The summed E-state index contributed by atoms with van der Waals surface area (Å²) < 4.78 is 0. The predicted molar refractivity (Wildman–Crippen MR) is 61.0 cm³/mol. The molecule has 0 aromatic carbocycles. The Morgan fingerprint density at radius 3 is 2.23 bits per heavy atom.